The summed E-state index contributed by atoms with van der Waals surface area (Å²) in [5.41, 5.74) is 1.20. The number of aromatic nitrogens is 3. The lowest BCUT2D eigenvalue weighted by molar-refractivity contribution is -0.113. The number of pyridine rings is 1. The molecule has 25 heavy (non-hydrogen) atoms. The first-order valence-electron chi connectivity index (χ1n) is 7.57. The van der Waals surface area contributed by atoms with Crippen LogP contribution in [0, 0.1) is 5.82 Å². The molecule has 0 bridgehead atoms. The Balaban J connectivity index is 1.90. The maximum atomic E-state index is 14.2. The van der Waals surface area contributed by atoms with E-state index in [2.05, 4.69) is 15.4 Å². The monoisotopic (exact) mass is 356 g/mol. The zero-order valence-electron chi connectivity index (χ0n) is 12.9. The van der Waals surface area contributed by atoms with Crippen LogP contribution < -0.4 is 10.9 Å². The van der Waals surface area contributed by atoms with E-state index in [0.717, 1.165) is 0 Å². The van der Waals surface area contributed by atoms with Crippen molar-refractivity contribution < 1.29 is 9.18 Å². The number of halogens is 1. The van der Waals surface area contributed by atoms with Crippen LogP contribution in [0.2, 0.25) is 0 Å². The van der Waals surface area contributed by atoms with Crippen LogP contribution in [0.25, 0.3) is 5.69 Å². The van der Waals surface area contributed by atoms with Crippen molar-refractivity contribution in [2.75, 3.05) is 11.1 Å². The molecule has 1 aromatic carbocycles. The quantitative estimate of drug-likeness (QED) is 0.739. The maximum Gasteiger partial charge on any atom is 0.252 e. The molecule has 2 aromatic heterocycles. The molecule has 0 saturated carbocycles. The molecule has 0 saturated heterocycles. The van der Waals surface area contributed by atoms with Gasteiger partial charge in [0.05, 0.1) is 17.2 Å². The van der Waals surface area contributed by atoms with Gasteiger partial charge in [0.1, 0.15) is 17.3 Å². The van der Waals surface area contributed by atoms with E-state index in [1.54, 1.807) is 42.7 Å². The second kappa shape index (κ2) is 6.21. The van der Waals surface area contributed by atoms with Crippen molar-refractivity contribution in [2.24, 2.45) is 0 Å². The molecule has 0 aliphatic carbocycles. The van der Waals surface area contributed by atoms with Gasteiger partial charge in [-0.25, -0.2) is 9.07 Å². The maximum absolute atomic E-state index is 14.2. The molecule has 1 unspecified atom stereocenters. The van der Waals surface area contributed by atoms with Crippen molar-refractivity contribution in [3.8, 4) is 5.69 Å². The molecular formula is C17H13FN4O2S. The fourth-order valence-corrected chi connectivity index (χ4v) is 3.91. The second-order valence-electron chi connectivity index (χ2n) is 5.51. The molecular weight excluding hydrogens is 343 g/mol. The molecule has 6 nitrogen and oxygen atoms in total. The third-order valence-electron chi connectivity index (χ3n) is 3.93. The smallest absolute Gasteiger partial charge is 0.252 e. The van der Waals surface area contributed by atoms with E-state index in [0.29, 0.717) is 16.9 Å². The highest BCUT2D eigenvalue weighted by Gasteiger charge is 2.29. The van der Waals surface area contributed by atoms with E-state index in [-0.39, 0.29) is 28.2 Å². The number of hydrogen-bond acceptors (Lipinski definition) is 4. The Bertz CT molecular complexity index is 1010. The lowest BCUT2D eigenvalue weighted by Gasteiger charge is -2.13. The second-order valence-corrected chi connectivity index (χ2v) is 6.60. The molecule has 0 radical (unpaired) electrons. The van der Waals surface area contributed by atoms with Gasteiger partial charge in [0, 0.05) is 17.3 Å². The number of aromatic amines is 1. The summed E-state index contributed by atoms with van der Waals surface area (Å²) < 4.78 is 15.5. The van der Waals surface area contributed by atoms with Crippen LogP contribution in [0.5, 0.6) is 0 Å². The molecule has 1 amide bonds. The molecule has 8 heteroatoms. The highest BCUT2D eigenvalue weighted by Crippen LogP contribution is 2.40. The highest BCUT2D eigenvalue weighted by molar-refractivity contribution is 8.00. The first kappa shape index (κ1) is 15.6. The zero-order chi connectivity index (χ0) is 17.4. The number of para-hydroxylation sites is 1. The lowest BCUT2D eigenvalue weighted by atomic mass is 10.1. The molecule has 4 rings (SSSR count). The van der Waals surface area contributed by atoms with Gasteiger partial charge < -0.3 is 10.3 Å². The fraction of sp³-hybridized carbons (Fsp3) is 0.118. The summed E-state index contributed by atoms with van der Waals surface area (Å²) in [5, 5.41) is 6.65. The van der Waals surface area contributed by atoms with Crippen molar-refractivity contribution >= 4 is 23.5 Å². The number of carbonyl (C=O) groups excluding carboxylic acids is 1. The molecule has 1 aliphatic rings. The zero-order valence-corrected chi connectivity index (χ0v) is 13.7. The highest BCUT2D eigenvalue weighted by atomic mass is 32.2. The van der Waals surface area contributed by atoms with Gasteiger partial charge in [-0.05, 0) is 18.2 Å². The van der Waals surface area contributed by atoms with Gasteiger partial charge in [-0.1, -0.05) is 18.2 Å². The van der Waals surface area contributed by atoms with Crippen LogP contribution in [-0.2, 0) is 4.79 Å². The first-order valence-corrected chi connectivity index (χ1v) is 8.62. The number of thioether (sulfide) groups is 1. The number of amides is 1. The van der Waals surface area contributed by atoms with Crippen LogP contribution >= 0.6 is 11.8 Å². The molecule has 2 N–H and O–H groups in total. The molecule has 126 valence electrons. The Hall–Kier alpha value is -2.87. The molecule has 1 aliphatic heterocycles. The minimum atomic E-state index is -0.450. The number of carbonyl (C=O) groups is 1. The van der Waals surface area contributed by atoms with Gasteiger partial charge >= 0.3 is 0 Å². The lowest BCUT2D eigenvalue weighted by Crippen LogP contribution is -2.16. The van der Waals surface area contributed by atoms with Crippen LogP contribution in [0.1, 0.15) is 16.4 Å². The number of H-pyrrole nitrogens is 1. The third-order valence-corrected chi connectivity index (χ3v) is 5.20. The van der Waals surface area contributed by atoms with E-state index in [1.807, 2.05) is 0 Å². The minimum absolute atomic E-state index is 0.185. The van der Waals surface area contributed by atoms with Gasteiger partial charge in [0.25, 0.3) is 5.56 Å². The number of rotatable bonds is 2. The Morgan fingerprint density at radius 1 is 1.16 bits per heavy atom. The Labute approximate surface area is 146 Å². The summed E-state index contributed by atoms with van der Waals surface area (Å²) in [6, 6.07) is 9.64. The Morgan fingerprint density at radius 3 is 2.80 bits per heavy atom. The summed E-state index contributed by atoms with van der Waals surface area (Å²) in [5.74, 6) is -0.105. The summed E-state index contributed by atoms with van der Waals surface area (Å²) in [6.07, 6.45) is 3.12. The van der Waals surface area contributed by atoms with Gasteiger partial charge in [0.2, 0.25) is 5.91 Å². The average molecular weight is 356 g/mol. The normalized spacial score (nSPS) is 16.8. The SMILES string of the molecule is O=C1CSC(c2ccc[nH]c2=O)c2cnn(-c3ccccc3F)c2N1. The average Bonchev–Trinajstić information content (AvgIpc) is 2.92. The molecule has 0 spiro atoms. The summed E-state index contributed by atoms with van der Waals surface area (Å²) in [4.78, 5) is 27.0. The number of anilines is 1. The number of benzene rings is 1. The van der Waals surface area contributed by atoms with Crippen LogP contribution in [0.4, 0.5) is 10.2 Å². The Kier molecular flexibility index (Phi) is 3.89. The predicted octanol–water partition coefficient (Wildman–Crippen LogP) is 2.47. The van der Waals surface area contributed by atoms with Gasteiger partial charge in [-0.3, -0.25) is 9.59 Å². The summed E-state index contributed by atoms with van der Waals surface area (Å²) in [6.45, 7) is 0. The van der Waals surface area contributed by atoms with Crippen molar-refractivity contribution in [3.63, 3.8) is 0 Å². The van der Waals surface area contributed by atoms with Crippen molar-refractivity contribution in [1.29, 1.82) is 0 Å². The molecule has 3 aromatic rings. The van der Waals surface area contributed by atoms with Crippen LogP contribution in [0.3, 0.4) is 0 Å². The topological polar surface area (TPSA) is 79.8 Å². The van der Waals surface area contributed by atoms with Crippen molar-refractivity contribution in [2.45, 2.75) is 5.25 Å². The molecule has 3 heterocycles. The number of hydrogen-bond donors (Lipinski definition) is 2. The van der Waals surface area contributed by atoms with Crippen LogP contribution in [-0.4, -0.2) is 26.4 Å². The van der Waals surface area contributed by atoms with E-state index in [1.165, 1.54) is 22.5 Å². The largest absolute Gasteiger partial charge is 0.329 e. The number of fused-ring (bicyclic) bond motifs is 1. The van der Waals surface area contributed by atoms with Crippen molar-refractivity contribution in [3.05, 3.63) is 76.1 Å². The van der Waals surface area contributed by atoms with E-state index >= 15 is 0 Å². The van der Waals surface area contributed by atoms with Gasteiger partial charge in [0.15, 0.2) is 0 Å². The van der Waals surface area contributed by atoms with E-state index < -0.39 is 5.82 Å². The summed E-state index contributed by atoms with van der Waals surface area (Å²) >= 11 is 1.34. The number of nitrogens with zero attached hydrogens (tertiary/aromatic N) is 2. The van der Waals surface area contributed by atoms with E-state index in [4.69, 9.17) is 0 Å². The van der Waals surface area contributed by atoms with Crippen LogP contribution in [0.15, 0.2) is 53.6 Å². The van der Waals surface area contributed by atoms with Crippen molar-refractivity contribution in [1.82, 2.24) is 14.8 Å². The standard InChI is InChI=1S/C17H13FN4O2S/c18-12-5-1-2-6-13(12)22-16-11(8-20-22)15(25-9-14(23)21-16)10-4-3-7-19-17(10)24/h1-8,15H,9H2,(H,19,24)(H,21,23). The van der Waals surface area contributed by atoms with E-state index in [9.17, 15) is 14.0 Å². The summed E-state index contributed by atoms with van der Waals surface area (Å²) in [7, 11) is 0. The molecule has 1 atom stereocenters. The Morgan fingerprint density at radius 2 is 2.00 bits per heavy atom. The third kappa shape index (κ3) is 2.74. The fourth-order valence-electron chi connectivity index (χ4n) is 2.80. The minimum Gasteiger partial charge on any atom is -0.329 e. The van der Waals surface area contributed by atoms with Gasteiger partial charge in [-0.15, -0.1) is 11.8 Å². The van der Waals surface area contributed by atoms with Gasteiger partial charge in [-0.2, -0.15) is 5.10 Å². The predicted molar refractivity (Wildman–Crippen MR) is 93.5 cm³/mol. The first-order chi connectivity index (χ1) is 12.1. The molecule has 0 fully saturated rings. The number of nitrogens with one attached hydrogen (secondary N) is 2.